The van der Waals surface area contributed by atoms with Crippen LogP contribution < -0.4 is 5.32 Å². The Morgan fingerprint density at radius 1 is 1.20 bits per heavy atom. The lowest BCUT2D eigenvalue weighted by atomic mass is 9.80. The number of rotatable bonds is 4. The van der Waals surface area contributed by atoms with Crippen molar-refractivity contribution in [2.45, 2.75) is 45.1 Å². The molecule has 88 valence electrons. The topological polar surface area (TPSA) is 15.3 Å². The van der Waals surface area contributed by atoms with Gasteiger partial charge in [0.05, 0.1) is 0 Å². The number of piperidine rings is 1. The summed E-state index contributed by atoms with van der Waals surface area (Å²) < 4.78 is 0. The van der Waals surface area contributed by atoms with Gasteiger partial charge < -0.3 is 10.2 Å². The van der Waals surface area contributed by atoms with E-state index < -0.39 is 0 Å². The van der Waals surface area contributed by atoms with Gasteiger partial charge in [0.25, 0.3) is 0 Å². The zero-order valence-corrected chi connectivity index (χ0v) is 10.3. The third-order valence-corrected chi connectivity index (χ3v) is 4.42. The molecule has 2 fully saturated rings. The van der Waals surface area contributed by atoms with Gasteiger partial charge in [0.15, 0.2) is 0 Å². The Bertz CT molecular complexity index is 181. The van der Waals surface area contributed by atoms with Gasteiger partial charge in [-0.1, -0.05) is 6.42 Å². The maximum Gasteiger partial charge on any atom is 0.00671 e. The molecule has 1 saturated carbocycles. The van der Waals surface area contributed by atoms with Crippen molar-refractivity contribution in [3.63, 3.8) is 0 Å². The van der Waals surface area contributed by atoms with Crippen molar-refractivity contribution in [2.75, 3.05) is 26.7 Å². The summed E-state index contributed by atoms with van der Waals surface area (Å²) in [6.07, 6.45) is 7.16. The van der Waals surface area contributed by atoms with E-state index in [9.17, 15) is 0 Å². The predicted molar refractivity (Wildman–Crippen MR) is 65.0 cm³/mol. The van der Waals surface area contributed by atoms with Crippen LogP contribution in [0.3, 0.4) is 0 Å². The van der Waals surface area contributed by atoms with Crippen molar-refractivity contribution >= 4 is 0 Å². The quantitative estimate of drug-likeness (QED) is 0.764. The highest BCUT2D eigenvalue weighted by molar-refractivity contribution is 4.81. The van der Waals surface area contributed by atoms with Crippen molar-refractivity contribution in [2.24, 2.45) is 11.8 Å². The van der Waals surface area contributed by atoms with Gasteiger partial charge in [-0.25, -0.2) is 0 Å². The van der Waals surface area contributed by atoms with Crippen LogP contribution in [0.5, 0.6) is 0 Å². The fraction of sp³-hybridized carbons (Fsp3) is 1.00. The lowest BCUT2D eigenvalue weighted by Crippen LogP contribution is -2.42. The molecule has 1 N–H and O–H groups in total. The molecule has 0 radical (unpaired) electrons. The average Bonchev–Trinajstić information content (AvgIpc) is 2.14. The van der Waals surface area contributed by atoms with Gasteiger partial charge in [-0.15, -0.1) is 0 Å². The summed E-state index contributed by atoms with van der Waals surface area (Å²) in [5.74, 6) is 1.92. The van der Waals surface area contributed by atoms with Gasteiger partial charge in [0, 0.05) is 6.04 Å². The van der Waals surface area contributed by atoms with E-state index in [2.05, 4.69) is 24.2 Å². The van der Waals surface area contributed by atoms with E-state index in [-0.39, 0.29) is 0 Å². The van der Waals surface area contributed by atoms with Crippen molar-refractivity contribution in [1.82, 2.24) is 10.2 Å². The highest BCUT2D eigenvalue weighted by Crippen LogP contribution is 2.29. The number of nitrogens with zero attached hydrogens (tertiary/aromatic N) is 1. The first-order chi connectivity index (χ1) is 7.25. The second kappa shape index (κ2) is 5.31. The summed E-state index contributed by atoms with van der Waals surface area (Å²) in [6, 6.07) is 0.762. The first-order valence-electron chi connectivity index (χ1n) is 6.67. The van der Waals surface area contributed by atoms with E-state index in [1.807, 2.05) is 0 Å². The Morgan fingerprint density at radius 2 is 1.87 bits per heavy atom. The van der Waals surface area contributed by atoms with E-state index >= 15 is 0 Å². The monoisotopic (exact) mass is 210 g/mol. The minimum atomic E-state index is 0.762. The molecule has 0 bridgehead atoms. The first kappa shape index (κ1) is 11.4. The molecule has 2 nitrogen and oxygen atoms in total. The molecule has 2 rings (SSSR count). The van der Waals surface area contributed by atoms with Gasteiger partial charge in [-0.2, -0.15) is 0 Å². The summed E-state index contributed by atoms with van der Waals surface area (Å²) in [7, 11) is 2.24. The molecular weight excluding hydrogens is 184 g/mol. The van der Waals surface area contributed by atoms with Crippen LogP contribution in [0.25, 0.3) is 0 Å². The molecule has 1 saturated heterocycles. The molecule has 0 aromatic heterocycles. The maximum atomic E-state index is 3.75. The maximum absolute atomic E-state index is 3.75. The van der Waals surface area contributed by atoms with Crippen LogP contribution in [0.4, 0.5) is 0 Å². The fourth-order valence-electron chi connectivity index (χ4n) is 2.73. The molecule has 2 heteroatoms. The van der Waals surface area contributed by atoms with E-state index in [1.54, 1.807) is 0 Å². The third-order valence-electron chi connectivity index (χ3n) is 4.42. The highest BCUT2D eigenvalue weighted by atomic mass is 15.1. The van der Waals surface area contributed by atoms with E-state index in [0.717, 1.165) is 17.9 Å². The van der Waals surface area contributed by atoms with Crippen LogP contribution in [0.15, 0.2) is 0 Å². The molecule has 15 heavy (non-hydrogen) atoms. The van der Waals surface area contributed by atoms with Crippen molar-refractivity contribution in [3.05, 3.63) is 0 Å². The van der Waals surface area contributed by atoms with Crippen LogP contribution in [0.1, 0.15) is 39.0 Å². The minimum absolute atomic E-state index is 0.762. The summed E-state index contributed by atoms with van der Waals surface area (Å²) in [5, 5.41) is 3.75. The lowest BCUT2D eigenvalue weighted by molar-refractivity contribution is 0.193. The normalized spacial score (nSPS) is 27.6. The van der Waals surface area contributed by atoms with Crippen LogP contribution in [-0.2, 0) is 0 Å². The Labute approximate surface area is 94.4 Å². The lowest BCUT2D eigenvalue weighted by Gasteiger charge is -2.34. The SMILES string of the molecule is CC(NCC1CCN(C)CC1)C1CCC1. The van der Waals surface area contributed by atoms with Crippen LogP contribution in [0.2, 0.25) is 0 Å². The number of hydrogen-bond acceptors (Lipinski definition) is 2. The van der Waals surface area contributed by atoms with Gasteiger partial charge >= 0.3 is 0 Å². The molecule has 1 heterocycles. The van der Waals surface area contributed by atoms with Gasteiger partial charge in [0.2, 0.25) is 0 Å². The van der Waals surface area contributed by atoms with E-state index in [0.29, 0.717) is 0 Å². The van der Waals surface area contributed by atoms with Crippen molar-refractivity contribution in [3.8, 4) is 0 Å². The molecule has 0 aromatic rings. The molecule has 0 spiro atoms. The molecule has 1 aliphatic heterocycles. The average molecular weight is 210 g/mol. The zero-order chi connectivity index (χ0) is 10.7. The van der Waals surface area contributed by atoms with Crippen LogP contribution in [0, 0.1) is 11.8 Å². The highest BCUT2D eigenvalue weighted by Gasteiger charge is 2.24. The summed E-state index contributed by atoms with van der Waals surface area (Å²) in [4.78, 5) is 2.45. The number of likely N-dealkylation sites (tertiary alicyclic amines) is 1. The zero-order valence-electron chi connectivity index (χ0n) is 10.3. The molecular formula is C13H26N2. The molecule has 1 atom stereocenters. The second-order valence-electron chi connectivity index (χ2n) is 5.63. The van der Waals surface area contributed by atoms with Crippen LogP contribution in [-0.4, -0.2) is 37.6 Å². The Kier molecular flexibility index (Phi) is 4.04. The largest absolute Gasteiger partial charge is 0.314 e. The fourth-order valence-corrected chi connectivity index (χ4v) is 2.73. The predicted octanol–water partition coefficient (Wildman–Crippen LogP) is 2.11. The molecule has 1 unspecified atom stereocenters. The Morgan fingerprint density at radius 3 is 2.40 bits per heavy atom. The Balaban J connectivity index is 1.60. The third kappa shape index (κ3) is 3.18. The minimum Gasteiger partial charge on any atom is -0.314 e. The molecule has 1 aliphatic carbocycles. The number of hydrogen-bond donors (Lipinski definition) is 1. The van der Waals surface area contributed by atoms with E-state index in [4.69, 9.17) is 0 Å². The smallest absolute Gasteiger partial charge is 0.00671 e. The second-order valence-corrected chi connectivity index (χ2v) is 5.63. The van der Waals surface area contributed by atoms with Gasteiger partial charge in [-0.3, -0.25) is 0 Å². The number of nitrogens with one attached hydrogen (secondary N) is 1. The molecule has 0 amide bonds. The molecule has 2 aliphatic rings. The standard InChI is InChI=1S/C13H26N2/c1-11(13-4-3-5-13)14-10-12-6-8-15(2)9-7-12/h11-14H,3-10H2,1-2H3. The summed E-state index contributed by atoms with van der Waals surface area (Å²) >= 11 is 0. The van der Waals surface area contributed by atoms with E-state index in [1.165, 1.54) is 51.7 Å². The van der Waals surface area contributed by atoms with Crippen molar-refractivity contribution in [1.29, 1.82) is 0 Å². The van der Waals surface area contributed by atoms with Crippen LogP contribution >= 0.6 is 0 Å². The first-order valence-corrected chi connectivity index (χ1v) is 6.67. The summed E-state index contributed by atoms with van der Waals surface area (Å²) in [5.41, 5.74) is 0. The van der Waals surface area contributed by atoms with Gasteiger partial charge in [0.1, 0.15) is 0 Å². The van der Waals surface area contributed by atoms with Crippen molar-refractivity contribution < 1.29 is 0 Å². The molecule has 0 aromatic carbocycles. The van der Waals surface area contributed by atoms with Gasteiger partial charge in [-0.05, 0) is 71.1 Å². The Hall–Kier alpha value is -0.0800. The summed E-state index contributed by atoms with van der Waals surface area (Å²) in [6.45, 7) is 6.22.